The first kappa shape index (κ1) is 14.5. The van der Waals surface area contributed by atoms with Gasteiger partial charge in [-0.3, -0.25) is 9.69 Å². The van der Waals surface area contributed by atoms with Gasteiger partial charge < -0.3 is 10.6 Å². The summed E-state index contributed by atoms with van der Waals surface area (Å²) in [4.78, 5) is 14.1. The smallest absolute Gasteiger partial charge is 0.234 e. The lowest BCUT2D eigenvalue weighted by Gasteiger charge is -2.35. The predicted octanol–water partition coefficient (Wildman–Crippen LogP) is 1.53. The van der Waals surface area contributed by atoms with Crippen molar-refractivity contribution in [2.75, 3.05) is 26.7 Å². The van der Waals surface area contributed by atoms with Crippen molar-refractivity contribution >= 4 is 21.8 Å². The van der Waals surface area contributed by atoms with E-state index in [0.29, 0.717) is 12.6 Å². The van der Waals surface area contributed by atoms with Crippen molar-refractivity contribution in [3.63, 3.8) is 0 Å². The second kappa shape index (κ2) is 6.50. The van der Waals surface area contributed by atoms with Gasteiger partial charge in [0.25, 0.3) is 0 Å². The maximum Gasteiger partial charge on any atom is 0.234 e. The van der Waals surface area contributed by atoms with Crippen LogP contribution in [0.15, 0.2) is 28.7 Å². The third kappa shape index (κ3) is 4.03. The first-order valence-electron chi connectivity index (χ1n) is 6.52. The molecular formula is C14H20BrN3O. The number of hydrogen-bond donors (Lipinski definition) is 2. The number of halogens is 1. The van der Waals surface area contributed by atoms with E-state index >= 15 is 0 Å². The molecule has 104 valence electrons. The highest BCUT2D eigenvalue weighted by Crippen LogP contribution is 2.16. The molecule has 4 nitrogen and oxygen atoms in total. The quantitative estimate of drug-likeness (QED) is 0.863. The molecule has 19 heavy (non-hydrogen) atoms. The van der Waals surface area contributed by atoms with Gasteiger partial charge in [0.15, 0.2) is 0 Å². The van der Waals surface area contributed by atoms with E-state index in [9.17, 15) is 4.79 Å². The molecule has 1 atom stereocenters. The second-order valence-corrected chi connectivity index (χ2v) is 5.98. The first-order chi connectivity index (χ1) is 9.06. The minimum absolute atomic E-state index is 0.0357. The Balaban J connectivity index is 1.82. The van der Waals surface area contributed by atoms with Crippen molar-refractivity contribution in [1.82, 2.24) is 15.5 Å². The molecule has 2 N–H and O–H groups in total. The lowest BCUT2D eigenvalue weighted by atomic mass is 10.1. The van der Waals surface area contributed by atoms with Gasteiger partial charge in [0.2, 0.25) is 5.91 Å². The lowest BCUT2D eigenvalue weighted by molar-refractivity contribution is -0.123. The van der Waals surface area contributed by atoms with Crippen molar-refractivity contribution in [1.29, 1.82) is 0 Å². The van der Waals surface area contributed by atoms with Gasteiger partial charge in [0.05, 0.1) is 12.6 Å². The minimum Gasteiger partial charge on any atom is -0.348 e. The average molecular weight is 326 g/mol. The molecule has 1 fully saturated rings. The predicted molar refractivity (Wildman–Crippen MR) is 80.0 cm³/mol. The van der Waals surface area contributed by atoms with Gasteiger partial charge in [-0.2, -0.15) is 0 Å². The molecule has 0 aromatic heterocycles. The summed E-state index contributed by atoms with van der Waals surface area (Å²) in [6, 6.07) is 8.56. The Bertz CT molecular complexity index is 431. The highest BCUT2D eigenvalue weighted by atomic mass is 79.9. The van der Waals surface area contributed by atoms with Gasteiger partial charge in [0.1, 0.15) is 0 Å². The molecule has 5 heteroatoms. The van der Waals surface area contributed by atoms with Crippen molar-refractivity contribution in [3.8, 4) is 0 Å². The Kier molecular flexibility index (Phi) is 4.96. The molecule has 1 heterocycles. The highest BCUT2D eigenvalue weighted by Gasteiger charge is 2.23. The summed E-state index contributed by atoms with van der Waals surface area (Å²) in [7, 11) is 2.00. The van der Waals surface area contributed by atoms with E-state index < -0.39 is 0 Å². The average Bonchev–Trinajstić information content (AvgIpc) is 2.26. The maximum absolute atomic E-state index is 12.0. The molecule has 0 saturated carbocycles. The van der Waals surface area contributed by atoms with Gasteiger partial charge in [-0.05, 0) is 31.7 Å². The summed E-state index contributed by atoms with van der Waals surface area (Å²) in [6.45, 7) is 4.41. The monoisotopic (exact) mass is 325 g/mol. The van der Waals surface area contributed by atoms with E-state index in [-0.39, 0.29) is 11.9 Å². The molecule has 1 saturated heterocycles. The number of amides is 1. The molecule has 1 aromatic carbocycles. The van der Waals surface area contributed by atoms with Crippen LogP contribution in [0.4, 0.5) is 0 Å². The van der Waals surface area contributed by atoms with Gasteiger partial charge >= 0.3 is 0 Å². The molecule has 1 amide bonds. The highest BCUT2D eigenvalue weighted by molar-refractivity contribution is 9.10. The van der Waals surface area contributed by atoms with E-state index in [2.05, 4.69) is 31.5 Å². The van der Waals surface area contributed by atoms with Crippen LogP contribution in [0.25, 0.3) is 0 Å². The molecule has 0 aliphatic carbocycles. The topological polar surface area (TPSA) is 44.4 Å². The summed E-state index contributed by atoms with van der Waals surface area (Å²) >= 11 is 3.41. The molecule has 0 bridgehead atoms. The van der Waals surface area contributed by atoms with Crippen LogP contribution in [0.1, 0.15) is 18.5 Å². The van der Waals surface area contributed by atoms with Gasteiger partial charge in [-0.15, -0.1) is 0 Å². The molecule has 0 radical (unpaired) electrons. The van der Waals surface area contributed by atoms with Crippen molar-refractivity contribution in [2.24, 2.45) is 0 Å². The van der Waals surface area contributed by atoms with Crippen LogP contribution in [0, 0.1) is 0 Å². The zero-order chi connectivity index (χ0) is 13.8. The number of benzene rings is 1. The van der Waals surface area contributed by atoms with Gasteiger partial charge in [-0.1, -0.05) is 28.1 Å². The summed E-state index contributed by atoms with van der Waals surface area (Å²) in [6.07, 6.45) is 0. The van der Waals surface area contributed by atoms with Crippen LogP contribution < -0.4 is 10.6 Å². The summed E-state index contributed by atoms with van der Waals surface area (Å²) in [5, 5.41) is 6.24. The van der Waals surface area contributed by atoms with Crippen LogP contribution >= 0.6 is 15.9 Å². The zero-order valence-electron chi connectivity index (χ0n) is 11.3. The maximum atomic E-state index is 12.0. The number of likely N-dealkylation sites (N-methyl/N-ethyl adjacent to an activating group) is 1. The van der Waals surface area contributed by atoms with E-state index in [0.717, 1.165) is 23.1 Å². The normalized spacial score (nSPS) is 17.1. The number of hydrogen-bond acceptors (Lipinski definition) is 3. The molecule has 2 rings (SSSR count). The van der Waals surface area contributed by atoms with Crippen molar-refractivity contribution in [3.05, 3.63) is 34.3 Å². The first-order valence-corrected chi connectivity index (χ1v) is 7.31. The van der Waals surface area contributed by atoms with E-state index in [1.165, 1.54) is 0 Å². The molecule has 0 spiro atoms. The molecule has 1 aromatic rings. The standard InChI is InChI=1S/C14H20BrN3O/c1-10(11-3-5-12(15)6-4-11)17-14(19)9-18(2)13-7-16-8-13/h3-6,10,13,16H,7-9H2,1-2H3,(H,17,19). The number of nitrogens with zero attached hydrogens (tertiary/aromatic N) is 1. The Morgan fingerprint density at radius 2 is 2.11 bits per heavy atom. The van der Waals surface area contributed by atoms with Crippen LogP contribution in [0.5, 0.6) is 0 Å². The number of carbonyl (C=O) groups is 1. The third-order valence-electron chi connectivity index (χ3n) is 3.52. The Hall–Kier alpha value is -0.910. The molecule has 1 aliphatic heterocycles. The van der Waals surface area contributed by atoms with Crippen LogP contribution in [0.3, 0.4) is 0 Å². The Morgan fingerprint density at radius 3 is 2.63 bits per heavy atom. The number of carbonyl (C=O) groups excluding carboxylic acids is 1. The summed E-state index contributed by atoms with van der Waals surface area (Å²) in [5.41, 5.74) is 1.12. The van der Waals surface area contributed by atoms with Crippen LogP contribution in [0.2, 0.25) is 0 Å². The molecule has 1 unspecified atom stereocenters. The van der Waals surface area contributed by atoms with Crippen LogP contribution in [-0.2, 0) is 4.79 Å². The minimum atomic E-state index is 0.0357. The molecular weight excluding hydrogens is 306 g/mol. The fourth-order valence-electron chi connectivity index (χ4n) is 2.06. The summed E-state index contributed by atoms with van der Waals surface area (Å²) in [5.74, 6) is 0.0739. The fraction of sp³-hybridized carbons (Fsp3) is 0.500. The summed E-state index contributed by atoms with van der Waals surface area (Å²) < 4.78 is 1.05. The largest absolute Gasteiger partial charge is 0.348 e. The second-order valence-electron chi connectivity index (χ2n) is 5.07. The van der Waals surface area contributed by atoms with Crippen molar-refractivity contribution in [2.45, 2.75) is 19.0 Å². The van der Waals surface area contributed by atoms with Crippen molar-refractivity contribution < 1.29 is 4.79 Å². The van der Waals surface area contributed by atoms with E-state index in [1.54, 1.807) is 0 Å². The Labute approximate surface area is 122 Å². The zero-order valence-corrected chi connectivity index (χ0v) is 12.9. The van der Waals surface area contributed by atoms with Crippen LogP contribution in [-0.4, -0.2) is 43.5 Å². The van der Waals surface area contributed by atoms with Gasteiger partial charge in [0, 0.05) is 23.6 Å². The number of rotatable bonds is 5. The van der Waals surface area contributed by atoms with E-state index in [4.69, 9.17) is 0 Å². The third-order valence-corrected chi connectivity index (χ3v) is 4.05. The van der Waals surface area contributed by atoms with E-state index in [1.807, 2.05) is 38.2 Å². The SMILES string of the molecule is CC(NC(=O)CN(C)C1CNC1)c1ccc(Br)cc1. The Morgan fingerprint density at radius 1 is 1.47 bits per heavy atom. The molecule has 1 aliphatic rings. The number of nitrogens with one attached hydrogen (secondary N) is 2. The fourth-order valence-corrected chi connectivity index (χ4v) is 2.33. The van der Waals surface area contributed by atoms with Gasteiger partial charge in [-0.25, -0.2) is 0 Å². The lowest BCUT2D eigenvalue weighted by Crippen LogP contribution is -2.57.